The van der Waals surface area contributed by atoms with Gasteiger partial charge in [-0.1, -0.05) is 11.6 Å². The number of hydrogen-bond donors (Lipinski definition) is 2. The van der Waals surface area contributed by atoms with Crippen LogP contribution >= 0.6 is 35.6 Å². The topological polar surface area (TPSA) is 58.1 Å². The number of halogens is 2. The molecule has 1 saturated heterocycles. The molecule has 3 rings (SSSR count). The Bertz CT molecular complexity index is 664. The number of hydrogen-bond acceptors (Lipinski definition) is 4. The second-order valence-electron chi connectivity index (χ2n) is 7.40. The normalized spacial score (nSPS) is 18.0. The molecule has 2 heterocycles. The maximum absolute atomic E-state index is 6.31. The quantitative estimate of drug-likeness (QED) is 0.353. The van der Waals surface area contributed by atoms with Crippen LogP contribution in [0.25, 0.3) is 0 Å². The zero-order valence-corrected chi connectivity index (χ0v) is 20.0. The van der Waals surface area contributed by atoms with Crippen molar-refractivity contribution in [3.8, 4) is 11.5 Å². The summed E-state index contributed by atoms with van der Waals surface area (Å²) in [6.07, 6.45) is 3.14. The SMILES string of the molecule is CN=C(NCCc1cc(Cl)c2c(c1)OCCO2)NC1CCN(C(C)C)CC1.I. The first-order valence-electron chi connectivity index (χ1n) is 9.86. The molecule has 8 heteroatoms. The monoisotopic (exact) mass is 522 g/mol. The highest BCUT2D eigenvalue weighted by Gasteiger charge is 2.21. The van der Waals surface area contributed by atoms with Gasteiger partial charge in [-0.15, -0.1) is 24.0 Å². The first-order chi connectivity index (χ1) is 13.1. The Balaban J connectivity index is 0.00000280. The Morgan fingerprint density at radius 2 is 1.96 bits per heavy atom. The predicted octanol–water partition coefficient (Wildman–Crippen LogP) is 3.31. The van der Waals surface area contributed by atoms with E-state index < -0.39 is 0 Å². The average molecular weight is 523 g/mol. The third-order valence-electron chi connectivity index (χ3n) is 5.19. The van der Waals surface area contributed by atoms with Crippen molar-refractivity contribution in [3.05, 3.63) is 22.7 Å². The minimum absolute atomic E-state index is 0. The average Bonchev–Trinajstić information content (AvgIpc) is 2.67. The van der Waals surface area contributed by atoms with Crippen molar-refractivity contribution in [3.63, 3.8) is 0 Å². The highest BCUT2D eigenvalue weighted by Crippen LogP contribution is 2.38. The summed E-state index contributed by atoms with van der Waals surface area (Å²) in [7, 11) is 1.82. The van der Waals surface area contributed by atoms with E-state index in [4.69, 9.17) is 21.1 Å². The Morgan fingerprint density at radius 3 is 2.64 bits per heavy atom. The van der Waals surface area contributed by atoms with E-state index in [0.717, 1.165) is 56.2 Å². The van der Waals surface area contributed by atoms with Crippen LogP contribution in [0, 0.1) is 0 Å². The van der Waals surface area contributed by atoms with Gasteiger partial charge in [0.25, 0.3) is 0 Å². The van der Waals surface area contributed by atoms with Crippen molar-refractivity contribution in [2.24, 2.45) is 4.99 Å². The fourth-order valence-electron chi connectivity index (χ4n) is 3.58. The molecule has 0 bridgehead atoms. The number of nitrogens with zero attached hydrogens (tertiary/aromatic N) is 2. The number of nitrogens with one attached hydrogen (secondary N) is 2. The van der Waals surface area contributed by atoms with E-state index in [9.17, 15) is 0 Å². The lowest BCUT2D eigenvalue weighted by Gasteiger charge is -2.35. The Kier molecular flexibility index (Phi) is 9.43. The molecule has 2 aliphatic heterocycles. The summed E-state index contributed by atoms with van der Waals surface area (Å²) in [5, 5.41) is 7.58. The number of piperidine rings is 1. The van der Waals surface area contributed by atoms with Gasteiger partial charge in [0.15, 0.2) is 17.5 Å². The molecule has 0 spiro atoms. The third-order valence-corrected chi connectivity index (χ3v) is 5.47. The van der Waals surface area contributed by atoms with Crippen LogP contribution in [0.5, 0.6) is 11.5 Å². The number of likely N-dealkylation sites (tertiary alicyclic amines) is 1. The van der Waals surface area contributed by atoms with Gasteiger partial charge in [0.1, 0.15) is 13.2 Å². The molecule has 0 amide bonds. The van der Waals surface area contributed by atoms with Gasteiger partial charge in [-0.05, 0) is 50.8 Å². The molecule has 2 N–H and O–H groups in total. The Hall–Kier alpha value is -0.930. The van der Waals surface area contributed by atoms with Crippen LogP contribution in [0.4, 0.5) is 0 Å². The van der Waals surface area contributed by atoms with Crippen molar-refractivity contribution in [1.29, 1.82) is 0 Å². The zero-order valence-electron chi connectivity index (χ0n) is 17.0. The largest absolute Gasteiger partial charge is 0.486 e. The van der Waals surface area contributed by atoms with Gasteiger partial charge in [-0.2, -0.15) is 0 Å². The van der Waals surface area contributed by atoms with E-state index in [0.29, 0.717) is 36.1 Å². The molecule has 0 unspecified atom stereocenters. The third kappa shape index (κ3) is 6.29. The second kappa shape index (κ2) is 11.3. The van der Waals surface area contributed by atoms with Gasteiger partial charge in [-0.25, -0.2) is 0 Å². The predicted molar refractivity (Wildman–Crippen MR) is 126 cm³/mol. The summed E-state index contributed by atoms with van der Waals surface area (Å²) in [5.74, 6) is 2.26. The van der Waals surface area contributed by atoms with Crippen LogP contribution in [0.3, 0.4) is 0 Å². The fourth-order valence-corrected chi connectivity index (χ4v) is 3.87. The smallest absolute Gasteiger partial charge is 0.191 e. The summed E-state index contributed by atoms with van der Waals surface area (Å²) in [5.41, 5.74) is 1.12. The number of ether oxygens (including phenoxy) is 2. The summed E-state index contributed by atoms with van der Waals surface area (Å²) < 4.78 is 11.2. The van der Waals surface area contributed by atoms with Crippen LogP contribution in [0.2, 0.25) is 5.02 Å². The molecule has 2 aliphatic rings. The summed E-state index contributed by atoms with van der Waals surface area (Å²) in [6, 6.07) is 5.07. The van der Waals surface area contributed by atoms with Crippen molar-refractivity contribution in [2.45, 2.75) is 45.2 Å². The second-order valence-corrected chi connectivity index (χ2v) is 7.81. The minimum atomic E-state index is 0. The van der Waals surface area contributed by atoms with E-state index in [-0.39, 0.29) is 24.0 Å². The molecule has 0 saturated carbocycles. The highest BCUT2D eigenvalue weighted by molar-refractivity contribution is 14.0. The number of benzene rings is 1. The van der Waals surface area contributed by atoms with Gasteiger partial charge < -0.3 is 25.0 Å². The van der Waals surface area contributed by atoms with Crippen molar-refractivity contribution in [2.75, 3.05) is 39.9 Å². The summed E-state index contributed by atoms with van der Waals surface area (Å²) in [4.78, 5) is 6.89. The van der Waals surface area contributed by atoms with Crippen LogP contribution < -0.4 is 20.1 Å². The van der Waals surface area contributed by atoms with Crippen LogP contribution in [0.15, 0.2) is 17.1 Å². The Morgan fingerprint density at radius 1 is 1.25 bits per heavy atom. The van der Waals surface area contributed by atoms with Crippen LogP contribution in [-0.4, -0.2) is 62.8 Å². The van der Waals surface area contributed by atoms with E-state index in [2.05, 4.69) is 34.4 Å². The van der Waals surface area contributed by atoms with Crippen molar-refractivity contribution < 1.29 is 9.47 Å². The maximum atomic E-state index is 6.31. The molecule has 158 valence electrons. The van der Waals surface area contributed by atoms with Crippen LogP contribution in [0.1, 0.15) is 32.3 Å². The summed E-state index contributed by atoms with van der Waals surface area (Å²) >= 11 is 6.31. The van der Waals surface area contributed by atoms with Crippen LogP contribution in [-0.2, 0) is 6.42 Å². The van der Waals surface area contributed by atoms with Gasteiger partial charge in [0, 0.05) is 38.8 Å². The number of fused-ring (bicyclic) bond motifs is 1. The van der Waals surface area contributed by atoms with E-state index in [1.54, 1.807) is 0 Å². The standard InChI is InChI=1S/C20H31ClN4O2.HI/c1-14(2)25-8-5-16(6-9-25)24-20(22-3)23-7-4-15-12-17(21)19-18(13-15)26-10-11-27-19;/h12-14,16H,4-11H2,1-3H3,(H2,22,23,24);1H. The minimum Gasteiger partial charge on any atom is -0.486 e. The molecule has 0 atom stereocenters. The summed E-state index contributed by atoms with van der Waals surface area (Å²) in [6.45, 7) is 8.70. The molecule has 1 aromatic rings. The zero-order chi connectivity index (χ0) is 19.2. The molecular weight excluding hydrogens is 491 g/mol. The number of aliphatic imine (C=N–C) groups is 1. The lowest BCUT2D eigenvalue weighted by molar-refractivity contribution is 0.167. The fraction of sp³-hybridized carbons (Fsp3) is 0.650. The molecule has 0 aliphatic carbocycles. The van der Waals surface area contributed by atoms with Gasteiger partial charge in [0.05, 0.1) is 5.02 Å². The van der Waals surface area contributed by atoms with Gasteiger partial charge >= 0.3 is 0 Å². The van der Waals surface area contributed by atoms with E-state index in [1.807, 2.05) is 19.2 Å². The molecule has 0 aromatic heterocycles. The first-order valence-corrected chi connectivity index (χ1v) is 10.2. The molecular formula is C20H32ClIN4O2. The molecule has 0 radical (unpaired) electrons. The van der Waals surface area contributed by atoms with Crippen molar-refractivity contribution >= 4 is 41.5 Å². The first kappa shape index (κ1) is 23.3. The molecule has 1 aromatic carbocycles. The lowest BCUT2D eigenvalue weighted by atomic mass is 10.0. The maximum Gasteiger partial charge on any atom is 0.191 e. The van der Waals surface area contributed by atoms with Gasteiger partial charge in [-0.3, -0.25) is 4.99 Å². The van der Waals surface area contributed by atoms with Gasteiger partial charge in [0.2, 0.25) is 0 Å². The van der Waals surface area contributed by atoms with E-state index >= 15 is 0 Å². The van der Waals surface area contributed by atoms with E-state index in [1.165, 1.54) is 0 Å². The lowest BCUT2D eigenvalue weighted by Crippen LogP contribution is -2.50. The van der Waals surface area contributed by atoms with Crippen molar-refractivity contribution in [1.82, 2.24) is 15.5 Å². The highest BCUT2D eigenvalue weighted by atomic mass is 127. The number of rotatable bonds is 5. The molecule has 6 nitrogen and oxygen atoms in total. The Labute approximate surface area is 190 Å². The molecule has 1 fully saturated rings. The molecule has 28 heavy (non-hydrogen) atoms. The number of guanidine groups is 1.